The molecule has 1 heterocycles. The molecule has 0 fully saturated rings. The fourth-order valence-electron chi connectivity index (χ4n) is 2.89. The van der Waals surface area contributed by atoms with Gasteiger partial charge in [-0.3, -0.25) is 14.3 Å². The van der Waals surface area contributed by atoms with Crippen molar-refractivity contribution in [3.8, 4) is 5.75 Å². The van der Waals surface area contributed by atoms with E-state index in [-0.39, 0.29) is 23.1 Å². The number of hydrogen-bond acceptors (Lipinski definition) is 5. The van der Waals surface area contributed by atoms with Crippen molar-refractivity contribution in [2.24, 2.45) is 0 Å². The quantitative estimate of drug-likeness (QED) is 0.584. The van der Waals surface area contributed by atoms with E-state index in [1.54, 1.807) is 54.6 Å². The van der Waals surface area contributed by atoms with Gasteiger partial charge in [-0.15, -0.1) is 0 Å². The number of carbonyl (C=O) groups is 2. The minimum Gasteiger partial charge on any atom is -0.482 e. The first kappa shape index (κ1) is 19.5. The summed E-state index contributed by atoms with van der Waals surface area (Å²) in [5.74, 6) is -0.329. The highest BCUT2D eigenvalue weighted by Crippen LogP contribution is 2.30. The van der Waals surface area contributed by atoms with Gasteiger partial charge in [0.2, 0.25) is 0 Å². The molecule has 30 heavy (non-hydrogen) atoms. The lowest BCUT2D eigenvalue weighted by Gasteiger charge is -2.18. The zero-order valence-corrected chi connectivity index (χ0v) is 16.4. The molecule has 3 N–H and O–H groups in total. The topological polar surface area (TPSA) is 114 Å². The summed E-state index contributed by atoms with van der Waals surface area (Å²) in [6.45, 7) is -0.123. The van der Waals surface area contributed by atoms with E-state index in [4.69, 9.17) is 4.74 Å². The third-order valence-corrected chi connectivity index (χ3v) is 5.73. The number of rotatable bonds is 5. The van der Waals surface area contributed by atoms with E-state index >= 15 is 0 Å². The predicted octanol–water partition coefficient (Wildman–Crippen LogP) is 3.07. The van der Waals surface area contributed by atoms with Gasteiger partial charge in [-0.1, -0.05) is 30.3 Å². The largest absolute Gasteiger partial charge is 0.482 e. The zero-order chi connectivity index (χ0) is 21.1. The Labute approximate surface area is 172 Å². The summed E-state index contributed by atoms with van der Waals surface area (Å²) < 4.78 is 33.1. The second-order valence-corrected chi connectivity index (χ2v) is 8.15. The summed E-state index contributed by atoms with van der Waals surface area (Å²) in [7, 11) is -3.82. The molecule has 9 heteroatoms. The van der Waals surface area contributed by atoms with Crippen LogP contribution in [0.1, 0.15) is 10.4 Å². The zero-order valence-electron chi connectivity index (χ0n) is 15.6. The van der Waals surface area contributed by atoms with Crippen LogP contribution in [0.25, 0.3) is 0 Å². The van der Waals surface area contributed by atoms with Gasteiger partial charge < -0.3 is 15.4 Å². The number of hydrogen-bond donors (Lipinski definition) is 3. The highest BCUT2D eigenvalue weighted by Gasteiger charge is 2.19. The van der Waals surface area contributed by atoms with Crippen LogP contribution in [-0.4, -0.2) is 26.8 Å². The Morgan fingerprint density at radius 2 is 1.63 bits per heavy atom. The molecule has 0 unspecified atom stereocenters. The monoisotopic (exact) mass is 423 g/mol. The molecule has 0 radical (unpaired) electrons. The number of para-hydroxylation sites is 2. The van der Waals surface area contributed by atoms with E-state index in [0.29, 0.717) is 22.7 Å². The fourth-order valence-corrected chi connectivity index (χ4v) is 4.00. The first-order valence-electron chi connectivity index (χ1n) is 8.97. The van der Waals surface area contributed by atoms with Gasteiger partial charge in [0.1, 0.15) is 5.75 Å². The molecule has 8 nitrogen and oxygen atoms in total. The van der Waals surface area contributed by atoms with Crippen LogP contribution >= 0.6 is 0 Å². The van der Waals surface area contributed by atoms with Gasteiger partial charge in [0.25, 0.3) is 21.8 Å². The lowest BCUT2D eigenvalue weighted by molar-refractivity contribution is -0.118. The normalized spacial score (nSPS) is 12.9. The van der Waals surface area contributed by atoms with Crippen molar-refractivity contribution in [3.63, 3.8) is 0 Å². The first-order valence-corrected chi connectivity index (χ1v) is 10.5. The Morgan fingerprint density at radius 3 is 2.40 bits per heavy atom. The van der Waals surface area contributed by atoms with E-state index in [0.717, 1.165) is 0 Å². The Kier molecular flexibility index (Phi) is 5.11. The molecule has 4 rings (SSSR count). The van der Waals surface area contributed by atoms with Gasteiger partial charge in [0.05, 0.1) is 22.0 Å². The van der Waals surface area contributed by atoms with Crippen LogP contribution in [0.2, 0.25) is 0 Å². The third kappa shape index (κ3) is 4.11. The molecule has 0 saturated carbocycles. The number of fused-ring (bicyclic) bond motifs is 1. The van der Waals surface area contributed by atoms with Crippen molar-refractivity contribution in [2.45, 2.75) is 4.90 Å². The third-order valence-electron chi connectivity index (χ3n) is 4.35. The Balaban J connectivity index is 1.56. The minimum atomic E-state index is -3.82. The van der Waals surface area contributed by atoms with E-state index in [1.165, 1.54) is 18.2 Å². The van der Waals surface area contributed by atoms with Crippen molar-refractivity contribution >= 4 is 38.9 Å². The molecule has 2 amide bonds. The molecular formula is C21H17N3O5S. The van der Waals surface area contributed by atoms with Crippen LogP contribution < -0.4 is 20.1 Å². The molecule has 3 aromatic carbocycles. The van der Waals surface area contributed by atoms with Crippen LogP contribution in [0.4, 0.5) is 17.1 Å². The number of nitrogens with one attached hydrogen (secondary N) is 3. The smallest absolute Gasteiger partial charge is 0.262 e. The molecular weight excluding hydrogens is 406 g/mol. The van der Waals surface area contributed by atoms with Gasteiger partial charge in [0.15, 0.2) is 6.61 Å². The van der Waals surface area contributed by atoms with Gasteiger partial charge >= 0.3 is 0 Å². The summed E-state index contributed by atoms with van der Waals surface area (Å²) >= 11 is 0. The van der Waals surface area contributed by atoms with Crippen molar-refractivity contribution in [1.82, 2.24) is 0 Å². The molecule has 0 aromatic heterocycles. The van der Waals surface area contributed by atoms with Crippen LogP contribution in [-0.2, 0) is 14.8 Å². The number of carbonyl (C=O) groups excluding carboxylic acids is 2. The van der Waals surface area contributed by atoms with E-state index in [2.05, 4.69) is 15.4 Å². The van der Waals surface area contributed by atoms with E-state index in [1.807, 2.05) is 0 Å². The summed E-state index contributed by atoms with van der Waals surface area (Å²) in [4.78, 5) is 24.2. The molecule has 1 aliphatic rings. The van der Waals surface area contributed by atoms with Gasteiger partial charge in [-0.05, 0) is 42.5 Å². The lowest BCUT2D eigenvalue weighted by atomic mass is 10.1. The highest BCUT2D eigenvalue weighted by molar-refractivity contribution is 7.92. The number of benzene rings is 3. The van der Waals surface area contributed by atoms with Crippen molar-refractivity contribution in [2.75, 3.05) is 22.0 Å². The summed E-state index contributed by atoms with van der Waals surface area (Å²) in [5.41, 5.74) is 1.31. The van der Waals surface area contributed by atoms with E-state index in [9.17, 15) is 18.0 Å². The summed E-state index contributed by atoms with van der Waals surface area (Å²) in [6.07, 6.45) is 0. The van der Waals surface area contributed by atoms with Crippen LogP contribution in [0.3, 0.4) is 0 Å². The molecule has 0 bridgehead atoms. The lowest BCUT2D eigenvalue weighted by Crippen LogP contribution is -2.25. The minimum absolute atomic E-state index is 0.111. The maximum Gasteiger partial charge on any atom is 0.262 e. The number of sulfonamides is 1. The van der Waals surface area contributed by atoms with E-state index < -0.39 is 15.9 Å². The fraction of sp³-hybridized carbons (Fsp3) is 0.0476. The second kappa shape index (κ2) is 7.88. The molecule has 0 saturated heterocycles. The average Bonchev–Trinajstić information content (AvgIpc) is 2.75. The average molecular weight is 423 g/mol. The molecule has 0 atom stereocenters. The molecule has 3 aromatic rings. The number of amides is 2. The first-order chi connectivity index (χ1) is 14.4. The highest BCUT2D eigenvalue weighted by atomic mass is 32.2. The maximum absolute atomic E-state index is 12.7. The summed E-state index contributed by atoms with van der Waals surface area (Å²) in [5, 5.41) is 5.36. The number of anilines is 3. The Hall–Kier alpha value is -3.85. The standard InChI is InChI=1S/C21H17N3O5S/c25-20-13-29-19-12-14(10-11-18(19)22-20)21(26)23-16-8-4-5-9-17(16)24-30(27,28)15-6-2-1-3-7-15/h1-12,24H,13H2,(H,22,25)(H,23,26). The maximum atomic E-state index is 12.7. The molecule has 1 aliphatic heterocycles. The van der Waals surface area contributed by atoms with Crippen molar-refractivity contribution in [3.05, 3.63) is 78.4 Å². The number of ether oxygens (including phenoxy) is 1. The van der Waals surface area contributed by atoms with Gasteiger partial charge in [-0.2, -0.15) is 0 Å². The molecule has 0 spiro atoms. The van der Waals surface area contributed by atoms with Gasteiger partial charge in [-0.25, -0.2) is 8.42 Å². The summed E-state index contributed by atoms with van der Waals surface area (Å²) in [6, 6.07) is 19.1. The van der Waals surface area contributed by atoms with Crippen LogP contribution in [0.5, 0.6) is 5.75 Å². The van der Waals surface area contributed by atoms with Crippen molar-refractivity contribution < 1.29 is 22.7 Å². The molecule has 0 aliphatic carbocycles. The second-order valence-electron chi connectivity index (χ2n) is 6.47. The predicted molar refractivity (Wildman–Crippen MR) is 112 cm³/mol. The van der Waals surface area contributed by atoms with Gasteiger partial charge in [0, 0.05) is 5.56 Å². The van der Waals surface area contributed by atoms with Crippen LogP contribution in [0.15, 0.2) is 77.7 Å². The Morgan fingerprint density at radius 1 is 0.933 bits per heavy atom. The van der Waals surface area contributed by atoms with Crippen LogP contribution in [0, 0.1) is 0 Å². The SMILES string of the molecule is O=C1COc2cc(C(=O)Nc3ccccc3NS(=O)(=O)c3ccccc3)ccc2N1. The Bertz CT molecular complexity index is 1230. The molecule has 152 valence electrons. The van der Waals surface area contributed by atoms with Crippen molar-refractivity contribution in [1.29, 1.82) is 0 Å².